The van der Waals surface area contributed by atoms with Gasteiger partial charge in [0.1, 0.15) is 11.2 Å². The predicted octanol–water partition coefficient (Wildman–Crippen LogP) is 5.43. The highest BCUT2D eigenvalue weighted by atomic mass is 32.2. The number of anilines is 2. The third kappa shape index (κ3) is 4.32. The molecular weight excluding hydrogens is 387 g/mol. The number of halogens is 1. The first-order valence-corrected chi connectivity index (χ1v) is 11.2. The fourth-order valence-corrected chi connectivity index (χ4v) is 5.23. The normalized spacial score (nSPS) is 20.1. The zero-order valence-corrected chi connectivity index (χ0v) is 17.3. The molecule has 1 saturated heterocycles. The van der Waals surface area contributed by atoms with Crippen LogP contribution in [0.4, 0.5) is 15.8 Å². The molecule has 2 amide bonds. The standard InChI is InChI=1S/C23H25FN2O2S/c1-15-10-11-19(13-20(15)24)26-21(27)14-29-23(26)17-8-5-9-18(12-17)25-22(28)16-6-3-2-4-7-16/h5,8-13,16,23H,2-4,6-7,14H2,1H3,(H,25,28)/t23-/m1/s1. The van der Waals surface area contributed by atoms with E-state index in [-0.39, 0.29) is 28.9 Å². The van der Waals surface area contributed by atoms with Gasteiger partial charge in [0.25, 0.3) is 0 Å². The second kappa shape index (κ2) is 8.57. The van der Waals surface area contributed by atoms with Gasteiger partial charge in [-0.25, -0.2) is 4.39 Å². The summed E-state index contributed by atoms with van der Waals surface area (Å²) >= 11 is 1.51. The Morgan fingerprint density at radius 2 is 1.93 bits per heavy atom. The number of carbonyl (C=O) groups is 2. The number of benzene rings is 2. The Hall–Kier alpha value is -2.34. The Balaban J connectivity index is 1.55. The molecule has 0 unspecified atom stereocenters. The van der Waals surface area contributed by atoms with E-state index in [4.69, 9.17) is 0 Å². The first-order chi connectivity index (χ1) is 14.0. The van der Waals surface area contributed by atoms with E-state index in [0.717, 1.165) is 36.9 Å². The highest BCUT2D eigenvalue weighted by molar-refractivity contribution is 8.00. The smallest absolute Gasteiger partial charge is 0.238 e. The molecule has 0 aromatic heterocycles. The molecule has 152 valence electrons. The first kappa shape index (κ1) is 20.0. The summed E-state index contributed by atoms with van der Waals surface area (Å²) in [6.45, 7) is 1.70. The fraction of sp³-hybridized carbons (Fsp3) is 0.391. The SMILES string of the molecule is Cc1ccc(N2C(=O)CS[C@@H]2c2cccc(NC(=O)C3CCCCC3)c2)cc1F. The van der Waals surface area contributed by atoms with Crippen molar-refractivity contribution in [3.05, 3.63) is 59.4 Å². The summed E-state index contributed by atoms with van der Waals surface area (Å²) < 4.78 is 14.1. The summed E-state index contributed by atoms with van der Waals surface area (Å²) in [6.07, 6.45) is 5.33. The molecule has 0 bridgehead atoms. The molecule has 2 aromatic rings. The Bertz CT molecular complexity index is 927. The Morgan fingerprint density at radius 1 is 1.14 bits per heavy atom. The molecular formula is C23H25FN2O2S. The molecule has 2 fully saturated rings. The minimum atomic E-state index is -0.320. The number of hydrogen-bond acceptors (Lipinski definition) is 3. The molecule has 2 aliphatic rings. The summed E-state index contributed by atoms with van der Waals surface area (Å²) in [4.78, 5) is 26.8. The summed E-state index contributed by atoms with van der Waals surface area (Å²) in [7, 11) is 0. The van der Waals surface area contributed by atoms with E-state index in [9.17, 15) is 14.0 Å². The van der Waals surface area contributed by atoms with Gasteiger partial charge in [-0.15, -0.1) is 11.8 Å². The van der Waals surface area contributed by atoms with E-state index < -0.39 is 0 Å². The van der Waals surface area contributed by atoms with Gasteiger partial charge < -0.3 is 5.32 Å². The van der Waals surface area contributed by atoms with Crippen LogP contribution in [0.1, 0.15) is 48.6 Å². The Morgan fingerprint density at radius 3 is 2.69 bits per heavy atom. The zero-order chi connectivity index (χ0) is 20.4. The molecule has 4 nitrogen and oxygen atoms in total. The van der Waals surface area contributed by atoms with Crippen molar-refractivity contribution in [2.24, 2.45) is 5.92 Å². The molecule has 1 atom stereocenters. The van der Waals surface area contributed by atoms with Crippen molar-refractivity contribution in [3.63, 3.8) is 0 Å². The van der Waals surface area contributed by atoms with E-state index in [0.29, 0.717) is 17.0 Å². The van der Waals surface area contributed by atoms with Crippen LogP contribution in [-0.2, 0) is 9.59 Å². The molecule has 1 aliphatic heterocycles. The summed E-state index contributed by atoms with van der Waals surface area (Å²) in [5.41, 5.74) is 2.78. The second-order valence-electron chi connectivity index (χ2n) is 7.81. The zero-order valence-electron chi connectivity index (χ0n) is 16.5. The molecule has 6 heteroatoms. The molecule has 4 rings (SSSR count). The van der Waals surface area contributed by atoms with Crippen molar-refractivity contribution < 1.29 is 14.0 Å². The molecule has 29 heavy (non-hydrogen) atoms. The van der Waals surface area contributed by atoms with Gasteiger partial charge in [-0.2, -0.15) is 0 Å². The fourth-order valence-electron chi connectivity index (χ4n) is 4.06. The van der Waals surface area contributed by atoms with Crippen molar-refractivity contribution in [3.8, 4) is 0 Å². The van der Waals surface area contributed by atoms with Crippen LogP contribution in [0, 0.1) is 18.7 Å². The minimum Gasteiger partial charge on any atom is -0.326 e. The van der Waals surface area contributed by atoms with Crippen LogP contribution in [0.15, 0.2) is 42.5 Å². The average Bonchev–Trinajstić information content (AvgIpc) is 3.12. The molecule has 1 N–H and O–H groups in total. The topological polar surface area (TPSA) is 49.4 Å². The van der Waals surface area contributed by atoms with Gasteiger partial charge >= 0.3 is 0 Å². The van der Waals surface area contributed by atoms with Crippen molar-refractivity contribution in [1.82, 2.24) is 0 Å². The quantitative estimate of drug-likeness (QED) is 0.728. The van der Waals surface area contributed by atoms with E-state index in [1.807, 2.05) is 24.3 Å². The van der Waals surface area contributed by atoms with E-state index in [1.54, 1.807) is 24.0 Å². The lowest BCUT2D eigenvalue weighted by Crippen LogP contribution is -2.28. The summed E-state index contributed by atoms with van der Waals surface area (Å²) in [5.74, 6) is 0.148. The number of hydrogen-bond donors (Lipinski definition) is 1. The minimum absolute atomic E-state index is 0.0418. The molecule has 2 aromatic carbocycles. The van der Waals surface area contributed by atoms with Gasteiger partial charge in [-0.1, -0.05) is 37.5 Å². The molecule has 0 radical (unpaired) electrons. The van der Waals surface area contributed by atoms with Gasteiger partial charge in [0.2, 0.25) is 11.8 Å². The number of thioether (sulfide) groups is 1. The number of aryl methyl sites for hydroxylation is 1. The van der Waals surface area contributed by atoms with Crippen LogP contribution < -0.4 is 10.2 Å². The van der Waals surface area contributed by atoms with Gasteiger partial charge in [0.15, 0.2) is 0 Å². The van der Waals surface area contributed by atoms with Crippen molar-refractivity contribution in [2.45, 2.75) is 44.4 Å². The van der Waals surface area contributed by atoms with Crippen LogP contribution in [0.5, 0.6) is 0 Å². The third-order valence-electron chi connectivity index (χ3n) is 5.72. The largest absolute Gasteiger partial charge is 0.326 e. The summed E-state index contributed by atoms with van der Waals surface area (Å²) in [5, 5.41) is 2.81. The van der Waals surface area contributed by atoms with Crippen molar-refractivity contribution in [2.75, 3.05) is 16.0 Å². The highest BCUT2D eigenvalue weighted by Crippen LogP contribution is 2.42. The van der Waals surface area contributed by atoms with Gasteiger partial charge in [0.05, 0.1) is 5.75 Å². The molecule has 0 spiro atoms. The number of amides is 2. The predicted molar refractivity (Wildman–Crippen MR) is 115 cm³/mol. The van der Waals surface area contributed by atoms with Crippen LogP contribution in [0.3, 0.4) is 0 Å². The van der Waals surface area contributed by atoms with Crippen molar-refractivity contribution in [1.29, 1.82) is 0 Å². The van der Waals surface area contributed by atoms with Gasteiger partial charge in [-0.05, 0) is 55.2 Å². The lowest BCUT2D eigenvalue weighted by molar-refractivity contribution is -0.120. The van der Waals surface area contributed by atoms with Gasteiger partial charge in [0, 0.05) is 17.3 Å². The van der Waals surface area contributed by atoms with Crippen LogP contribution in [-0.4, -0.2) is 17.6 Å². The lowest BCUT2D eigenvalue weighted by Gasteiger charge is -2.25. The average molecular weight is 413 g/mol. The second-order valence-corrected chi connectivity index (χ2v) is 8.88. The highest BCUT2D eigenvalue weighted by Gasteiger charge is 2.34. The maximum Gasteiger partial charge on any atom is 0.238 e. The maximum atomic E-state index is 14.1. The van der Waals surface area contributed by atoms with Crippen LogP contribution >= 0.6 is 11.8 Å². The number of carbonyl (C=O) groups excluding carboxylic acids is 2. The number of rotatable bonds is 4. The summed E-state index contributed by atoms with van der Waals surface area (Å²) in [6, 6.07) is 12.5. The monoisotopic (exact) mass is 412 g/mol. The molecule has 1 saturated carbocycles. The maximum absolute atomic E-state index is 14.1. The first-order valence-electron chi connectivity index (χ1n) is 10.1. The van der Waals surface area contributed by atoms with E-state index in [2.05, 4.69) is 5.32 Å². The lowest BCUT2D eigenvalue weighted by atomic mass is 9.88. The third-order valence-corrected chi connectivity index (χ3v) is 6.93. The number of nitrogens with one attached hydrogen (secondary N) is 1. The van der Waals surface area contributed by atoms with E-state index >= 15 is 0 Å². The Labute approximate surface area is 174 Å². The molecule has 1 aliphatic carbocycles. The van der Waals surface area contributed by atoms with Crippen molar-refractivity contribution >= 4 is 35.0 Å². The van der Waals surface area contributed by atoms with Crippen LogP contribution in [0.25, 0.3) is 0 Å². The number of nitrogens with zero attached hydrogens (tertiary/aromatic N) is 1. The Kier molecular flexibility index (Phi) is 5.90. The molecule has 1 heterocycles. The van der Waals surface area contributed by atoms with Crippen LogP contribution in [0.2, 0.25) is 0 Å². The van der Waals surface area contributed by atoms with E-state index in [1.165, 1.54) is 24.2 Å². The van der Waals surface area contributed by atoms with Gasteiger partial charge in [-0.3, -0.25) is 14.5 Å².